The van der Waals surface area contributed by atoms with Crippen molar-refractivity contribution in [3.05, 3.63) is 58.6 Å². The Kier molecular flexibility index (Phi) is 4.80. The number of nitrogens with zero attached hydrogens (tertiary/aromatic N) is 1. The maximum absolute atomic E-state index is 9.31. The standard InChI is InChI=1S/C14H12Cl2N2O/c15-10-1-5-12(6-2-10)17-14(9-19)18-13-7-3-11(16)4-8-13/h1-8,19H,9H2,(H,17,18). The molecule has 2 rings (SSSR count). The van der Waals surface area contributed by atoms with E-state index in [2.05, 4.69) is 10.3 Å². The van der Waals surface area contributed by atoms with Gasteiger partial charge in [-0.3, -0.25) is 0 Å². The van der Waals surface area contributed by atoms with Crippen molar-refractivity contribution in [3.63, 3.8) is 0 Å². The second-order valence-electron chi connectivity index (χ2n) is 3.82. The first-order valence-electron chi connectivity index (χ1n) is 5.64. The maximum Gasteiger partial charge on any atom is 0.132 e. The van der Waals surface area contributed by atoms with E-state index in [9.17, 15) is 5.11 Å². The van der Waals surface area contributed by atoms with E-state index in [1.807, 2.05) is 12.1 Å². The van der Waals surface area contributed by atoms with Gasteiger partial charge in [0.1, 0.15) is 12.4 Å². The quantitative estimate of drug-likeness (QED) is 0.660. The first-order chi connectivity index (χ1) is 9.17. The zero-order chi connectivity index (χ0) is 13.7. The van der Waals surface area contributed by atoms with Crippen molar-refractivity contribution in [1.29, 1.82) is 0 Å². The highest BCUT2D eigenvalue weighted by molar-refractivity contribution is 6.30. The fourth-order valence-electron chi connectivity index (χ4n) is 1.47. The molecule has 98 valence electrons. The summed E-state index contributed by atoms with van der Waals surface area (Å²) in [6.07, 6.45) is 0. The van der Waals surface area contributed by atoms with Crippen LogP contribution in [0.5, 0.6) is 0 Å². The normalized spacial score (nSPS) is 11.4. The number of nitrogens with one attached hydrogen (secondary N) is 1. The van der Waals surface area contributed by atoms with E-state index in [-0.39, 0.29) is 6.61 Å². The molecule has 0 saturated carbocycles. The number of aliphatic hydroxyl groups excluding tert-OH is 1. The molecule has 0 fully saturated rings. The van der Waals surface area contributed by atoms with E-state index in [0.29, 0.717) is 15.9 Å². The van der Waals surface area contributed by atoms with Crippen LogP contribution in [0.15, 0.2) is 53.5 Å². The molecule has 5 heteroatoms. The summed E-state index contributed by atoms with van der Waals surface area (Å²) in [4.78, 5) is 4.30. The second kappa shape index (κ2) is 6.57. The predicted molar refractivity (Wildman–Crippen MR) is 80.7 cm³/mol. The number of hydrogen-bond donors (Lipinski definition) is 2. The second-order valence-corrected chi connectivity index (χ2v) is 4.70. The number of hydrogen-bond acceptors (Lipinski definition) is 2. The van der Waals surface area contributed by atoms with Crippen molar-refractivity contribution in [2.24, 2.45) is 4.99 Å². The average Bonchev–Trinajstić information content (AvgIpc) is 2.43. The molecule has 2 aromatic carbocycles. The minimum Gasteiger partial charge on any atom is -0.388 e. The van der Waals surface area contributed by atoms with E-state index in [0.717, 1.165) is 11.4 Å². The molecule has 0 amide bonds. The Balaban J connectivity index is 2.15. The lowest BCUT2D eigenvalue weighted by Gasteiger charge is -2.07. The summed E-state index contributed by atoms with van der Waals surface area (Å²) < 4.78 is 0. The fourth-order valence-corrected chi connectivity index (χ4v) is 1.73. The zero-order valence-electron chi connectivity index (χ0n) is 9.98. The lowest BCUT2D eigenvalue weighted by Crippen LogP contribution is -2.15. The van der Waals surface area contributed by atoms with Crippen LogP contribution in [0.4, 0.5) is 11.4 Å². The number of amidine groups is 1. The van der Waals surface area contributed by atoms with E-state index in [1.54, 1.807) is 36.4 Å². The molecule has 0 bridgehead atoms. The Hall–Kier alpha value is -1.55. The predicted octanol–water partition coefficient (Wildman–Crippen LogP) is 4.13. The molecule has 0 aromatic heterocycles. The van der Waals surface area contributed by atoms with Crippen LogP contribution >= 0.6 is 23.2 Å². The highest BCUT2D eigenvalue weighted by atomic mass is 35.5. The van der Waals surface area contributed by atoms with E-state index in [4.69, 9.17) is 23.2 Å². The van der Waals surface area contributed by atoms with Crippen molar-refractivity contribution < 1.29 is 5.11 Å². The van der Waals surface area contributed by atoms with E-state index >= 15 is 0 Å². The largest absolute Gasteiger partial charge is 0.388 e. The van der Waals surface area contributed by atoms with Gasteiger partial charge in [-0.1, -0.05) is 23.2 Å². The van der Waals surface area contributed by atoms with Crippen LogP contribution < -0.4 is 5.32 Å². The van der Waals surface area contributed by atoms with Crippen LogP contribution in [-0.2, 0) is 0 Å². The van der Waals surface area contributed by atoms with Crippen LogP contribution in [0.3, 0.4) is 0 Å². The van der Waals surface area contributed by atoms with Crippen LogP contribution in [0, 0.1) is 0 Å². The minimum absolute atomic E-state index is 0.189. The molecule has 0 radical (unpaired) electrons. The summed E-state index contributed by atoms with van der Waals surface area (Å²) in [6, 6.07) is 14.2. The fraction of sp³-hybridized carbons (Fsp3) is 0.0714. The third-order valence-electron chi connectivity index (χ3n) is 2.37. The molecule has 3 nitrogen and oxygen atoms in total. The molecule has 0 aliphatic rings. The van der Waals surface area contributed by atoms with Gasteiger partial charge >= 0.3 is 0 Å². The Bertz CT molecular complexity index is 565. The number of aliphatic hydroxyl groups is 1. The van der Waals surface area contributed by atoms with Crippen LogP contribution in [-0.4, -0.2) is 17.5 Å². The number of aliphatic imine (C=N–C) groups is 1. The lowest BCUT2D eigenvalue weighted by molar-refractivity contribution is 0.357. The maximum atomic E-state index is 9.31. The topological polar surface area (TPSA) is 44.6 Å². The highest BCUT2D eigenvalue weighted by Gasteiger charge is 2.00. The number of benzene rings is 2. The van der Waals surface area contributed by atoms with Crippen molar-refractivity contribution in [2.75, 3.05) is 11.9 Å². The van der Waals surface area contributed by atoms with Crippen molar-refractivity contribution in [1.82, 2.24) is 0 Å². The molecule has 0 saturated heterocycles. The molecule has 2 aromatic rings. The number of halogens is 2. The monoisotopic (exact) mass is 294 g/mol. The van der Waals surface area contributed by atoms with E-state index in [1.165, 1.54) is 0 Å². The summed E-state index contributed by atoms with van der Waals surface area (Å²) in [5.41, 5.74) is 1.53. The molecule has 0 unspecified atom stereocenters. The molecular formula is C14H12Cl2N2O. The first kappa shape index (κ1) is 13.9. The number of rotatable bonds is 3. The van der Waals surface area contributed by atoms with Gasteiger partial charge in [-0.2, -0.15) is 0 Å². The molecule has 2 N–H and O–H groups in total. The summed E-state index contributed by atoms with van der Waals surface area (Å²) in [5, 5.41) is 13.6. The Morgan fingerprint density at radius 3 is 2.00 bits per heavy atom. The minimum atomic E-state index is -0.189. The van der Waals surface area contributed by atoms with Gasteiger partial charge in [0.25, 0.3) is 0 Å². The first-order valence-corrected chi connectivity index (χ1v) is 6.39. The molecule has 0 atom stereocenters. The lowest BCUT2D eigenvalue weighted by atomic mass is 10.3. The average molecular weight is 295 g/mol. The Morgan fingerprint density at radius 2 is 1.47 bits per heavy atom. The van der Waals surface area contributed by atoms with Crippen LogP contribution in [0.25, 0.3) is 0 Å². The molecule has 0 spiro atoms. The third kappa shape index (κ3) is 4.24. The SMILES string of the molecule is OCC(=Nc1ccc(Cl)cc1)Nc1ccc(Cl)cc1. The highest BCUT2D eigenvalue weighted by Crippen LogP contribution is 2.17. The number of anilines is 1. The van der Waals surface area contributed by atoms with Gasteiger partial charge in [-0.05, 0) is 48.5 Å². The van der Waals surface area contributed by atoms with Gasteiger partial charge in [0, 0.05) is 15.7 Å². The molecular weight excluding hydrogens is 283 g/mol. The summed E-state index contributed by atoms with van der Waals surface area (Å²) in [5.74, 6) is 0.449. The summed E-state index contributed by atoms with van der Waals surface area (Å²) >= 11 is 11.6. The molecule has 0 aliphatic carbocycles. The molecule has 19 heavy (non-hydrogen) atoms. The van der Waals surface area contributed by atoms with Crippen LogP contribution in [0.2, 0.25) is 10.0 Å². The van der Waals surface area contributed by atoms with Crippen molar-refractivity contribution >= 4 is 40.4 Å². The smallest absolute Gasteiger partial charge is 0.132 e. The van der Waals surface area contributed by atoms with Gasteiger partial charge in [-0.15, -0.1) is 0 Å². The van der Waals surface area contributed by atoms with Gasteiger partial charge < -0.3 is 10.4 Å². The van der Waals surface area contributed by atoms with Crippen LogP contribution in [0.1, 0.15) is 0 Å². The van der Waals surface area contributed by atoms with E-state index < -0.39 is 0 Å². The summed E-state index contributed by atoms with van der Waals surface area (Å²) in [7, 11) is 0. The summed E-state index contributed by atoms with van der Waals surface area (Å²) in [6.45, 7) is -0.189. The zero-order valence-corrected chi connectivity index (χ0v) is 11.5. The molecule has 0 aliphatic heterocycles. The van der Waals surface area contributed by atoms with Gasteiger partial charge in [0.05, 0.1) is 5.69 Å². The Labute approximate surface area is 121 Å². The van der Waals surface area contributed by atoms with Gasteiger partial charge in [0.15, 0.2) is 0 Å². The van der Waals surface area contributed by atoms with Crippen molar-refractivity contribution in [3.8, 4) is 0 Å². The molecule has 0 heterocycles. The van der Waals surface area contributed by atoms with Crippen molar-refractivity contribution in [2.45, 2.75) is 0 Å². The van der Waals surface area contributed by atoms with Gasteiger partial charge in [0.2, 0.25) is 0 Å². The Morgan fingerprint density at radius 1 is 0.947 bits per heavy atom. The van der Waals surface area contributed by atoms with Gasteiger partial charge in [-0.25, -0.2) is 4.99 Å². The third-order valence-corrected chi connectivity index (χ3v) is 2.88.